The second-order valence-electron chi connectivity index (χ2n) is 38.0. The van der Waals surface area contributed by atoms with E-state index in [0.717, 1.165) is 194 Å². The highest BCUT2D eigenvalue weighted by atomic mass is 16.2. The quantitative estimate of drug-likeness (QED) is 0.0310. The number of carbonyl (C=O) groups excluding carboxylic acids is 12. The molecule has 0 bridgehead atoms. The molecule has 6 heterocycles. The Morgan fingerprint density at radius 3 is 0.411 bits per heavy atom. The first-order chi connectivity index (χ1) is 62.6. The van der Waals surface area contributed by atoms with Gasteiger partial charge in [0.15, 0.2) is 0 Å². The van der Waals surface area contributed by atoms with E-state index in [4.69, 9.17) is 0 Å². The van der Waals surface area contributed by atoms with E-state index < -0.39 is 0 Å². The van der Waals surface area contributed by atoms with Crippen LogP contribution in [0, 0.1) is 35.5 Å². The zero-order valence-corrected chi connectivity index (χ0v) is 85.1. The van der Waals surface area contributed by atoms with Crippen molar-refractivity contribution in [2.75, 3.05) is 118 Å². The molecular formula is C105H198N12O12. The fourth-order valence-corrected chi connectivity index (χ4v) is 17.2. The SMILES string of the molecule is CCCCCCCCCCCN1CC(C(=O)NCCCC)CC1=O.CCCCCCCCCCN1CC(C(=O)NCCCC)CC1=O.CCCCCCCCCN1CC(C(=O)NCCCC)CC1=O.CCCCCCCCN1CC(C(=O)NCCCC)CC1=O.CCCCCCCN1CC(C(=O)NCCCC)CC1=O.CCCCCCN1CC(C(=O)NCCCC)CC1=O. The average molecular weight is 1820 g/mol. The van der Waals surface area contributed by atoms with Crippen molar-refractivity contribution in [2.24, 2.45) is 35.5 Å². The summed E-state index contributed by atoms with van der Waals surface area (Å²) >= 11 is 0. The Hall–Kier alpha value is -6.36. The first kappa shape index (κ1) is 121. The number of carbonyl (C=O) groups is 12. The van der Waals surface area contributed by atoms with Gasteiger partial charge in [0.1, 0.15) is 0 Å². The third-order valence-corrected chi connectivity index (χ3v) is 25.9. The lowest BCUT2D eigenvalue weighted by Crippen LogP contribution is -2.33. The van der Waals surface area contributed by atoms with Crippen molar-refractivity contribution in [3.63, 3.8) is 0 Å². The van der Waals surface area contributed by atoms with E-state index in [1.165, 1.54) is 212 Å². The highest BCUT2D eigenvalue weighted by Crippen LogP contribution is 2.26. The van der Waals surface area contributed by atoms with Gasteiger partial charge in [0, 0.05) is 156 Å². The minimum atomic E-state index is -0.132. The maximum atomic E-state index is 12.0. The molecule has 0 spiro atoms. The number of hydrogen-bond acceptors (Lipinski definition) is 12. The molecule has 0 aromatic heterocycles. The number of hydrogen-bond donors (Lipinski definition) is 6. The summed E-state index contributed by atoms with van der Waals surface area (Å²) in [6, 6.07) is 0. The van der Waals surface area contributed by atoms with Crippen molar-refractivity contribution < 1.29 is 57.5 Å². The number of nitrogens with zero attached hydrogens (tertiary/aromatic N) is 6. The molecule has 6 fully saturated rings. The highest BCUT2D eigenvalue weighted by molar-refractivity contribution is 5.92. The maximum Gasteiger partial charge on any atom is 0.225 e. The molecule has 750 valence electrons. The van der Waals surface area contributed by atoms with Crippen LogP contribution in [-0.2, 0) is 57.5 Å². The Morgan fingerprint density at radius 2 is 0.287 bits per heavy atom. The molecule has 0 saturated carbocycles. The molecule has 6 rings (SSSR count). The molecule has 6 atom stereocenters. The molecule has 129 heavy (non-hydrogen) atoms. The van der Waals surface area contributed by atoms with E-state index >= 15 is 0 Å². The third kappa shape index (κ3) is 59.8. The fourth-order valence-electron chi connectivity index (χ4n) is 17.2. The van der Waals surface area contributed by atoms with Crippen LogP contribution in [0.25, 0.3) is 0 Å². The lowest BCUT2D eigenvalue weighted by Gasteiger charge is -2.16. The monoisotopic (exact) mass is 1820 g/mol. The van der Waals surface area contributed by atoms with Crippen LogP contribution in [0.3, 0.4) is 0 Å². The van der Waals surface area contributed by atoms with Gasteiger partial charge in [0.05, 0.1) is 35.5 Å². The Morgan fingerprint density at radius 1 is 0.178 bits per heavy atom. The van der Waals surface area contributed by atoms with Gasteiger partial charge in [-0.15, -0.1) is 0 Å². The van der Waals surface area contributed by atoms with E-state index in [2.05, 4.69) is 115 Å². The summed E-state index contributed by atoms with van der Waals surface area (Å²) in [6.45, 7) is 39.0. The standard InChI is InChI=1S/C20H38N2O2.C19H36N2O2.C18H34N2O2.C17H32N2O2.C16H30N2O2.C15H28N2O2/c1-3-5-7-8-9-10-11-12-13-15-22-17-18(16-19(22)23)20(24)21-14-6-4-2;1-3-5-7-8-9-10-11-12-14-21-16-17(15-18(21)22)19(23)20-13-6-4-2;1-3-5-7-8-9-10-11-13-20-15-16(14-17(20)21)18(22)19-12-6-4-2;1-3-5-7-8-9-10-12-19-14-15(13-16(19)20)17(21)18-11-6-4-2;1-3-5-7-8-9-11-18-13-14(12-15(18)19)16(20)17-10-6-4-2;1-3-5-7-8-10-17-12-13(11-14(17)18)15(19)16-9-6-4-2/h18H,3-17H2,1-2H3,(H,21,24);17H,3-16H2,1-2H3,(H,20,23);16H,3-15H2,1-2H3,(H,19,22);15H,3-14H2,1-2H3,(H,18,21);14H,3-13H2,1-2H3,(H,17,20);13H,3-12H2,1-2H3,(H,16,19). The molecule has 0 aromatic rings. The van der Waals surface area contributed by atoms with Gasteiger partial charge in [-0.3, -0.25) is 57.5 Å². The normalized spacial score (nSPS) is 18.1. The second-order valence-corrected chi connectivity index (χ2v) is 38.0. The smallest absolute Gasteiger partial charge is 0.225 e. The van der Waals surface area contributed by atoms with E-state index in [0.29, 0.717) is 77.8 Å². The summed E-state index contributed by atoms with van der Waals surface area (Å²) in [5.74, 6) is 0.481. The first-order valence-electron chi connectivity index (χ1n) is 53.9. The van der Waals surface area contributed by atoms with Gasteiger partial charge in [-0.25, -0.2) is 0 Å². The van der Waals surface area contributed by atoms with E-state index in [1.54, 1.807) is 0 Å². The molecule has 12 amide bonds. The van der Waals surface area contributed by atoms with Gasteiger partial charge in [0.2, 0.25) is 70.9 Å². The van der Waals surface area contributed by atoms with Gasteiger partial charge >= 0.3 is 0 Å². The first-order valence-corrected chi connectivity index (χ1v) is 53.9. The van der Waals surface area contributed by atoms with Crippen LogP contribution in [0.15, 0.2) is 0 Å². The van der Waals surface area contributed by atoms with Crippen molar-refractivity contribution in [3.8, 4) is 0 Å². The highest BCUT2D eigenvalue weighted by Gasteiger charge is 2.39. The molecule has 6 aliphatic rings. The van der Waals surface area contributed by atoms with E-state index in [-0.39, 0.29) is 106 Å². The zero-order valence-electron chi connectivity index (χ0n) is 85.1. The van der Waals surface area contributed by atoms with Gasteiger partial charge < -0.3 is 61.3 Å². The molecule has 6 N–H and O–H groups in total. The number of unbranched alkanes of at least 4 members (excludes halogenated alkanes) is 39. The summed E-state index contributed by atoms with van der Waals surface area (Å²) < 4.78 is 0. The van der Waals surface area contributed by atoms with E-state index in [9.17, 15) is 57.5 Å². The number of nitrogens with one attached hydrogen (secondary N) is 6. The van der Waals surface area contributed by atoms with Gasteiger partial charge in [-0.2, -0.15) is 0 Å². The Bertz CT molecular complexity index is 2920. The zero-order chi connectivity index (χ0) is 95.1. The van der Waals surface area contributed by atoms with Crippen LogP contribution in [0.1, 0.15) is 449 Å². The van der Waals surface area contributed by atoms with Crippen molar-refractivity contribution >= 4 is 70.9 Å². The van der Waals surface area contributed by atoms with Crippen LogP contribution in [-0.4, -0.2) is 218 Å². The van der Waals surface area contributed by atoms with Crippen molar-refractivity contribution in [3.05, 3.63) is 0 Å². The summed E-state index contributed by atoms with van der Waals surface area (Å²) in [6.07, 6.45) is 63.6. The second kappa shape index (κ2) is 82.3. The van der Waals surface area contributed by atoms with Crippen LogP contribution in [0.5, 0.6) is 0 Å². The van der Waals surface area contributed by atoms with Crippen LogP contribution >= 0.6 is 0 Å². The Kier molecular flexibility index (Phi) is 77.0. The summed E-state index contributed by atoms with van der Waals surface area (Å²) in [5.41, 5.74) is 0. The lowest BCUT2D eigenvalue weighted by atomic mass is 10.1. The third-order valence-electron chi connectivity index (χ3n) is 25.9. The average Bonchev–Trinajstić information content (AvgIpc) is 1.76. The van der Waals surface area contributed by atoms with Gasteiger partial charge in [0.25, 0.3) is 0 Å². The topological polar surface area (TPSA) is 296 Å². The predicted molar refractivity (Wildman–Crippen MR) is 530 cm³/mol. The molecule has 0 radical (unpaired) electrons. The van der Waals surface area contributed by atoms with Crippen LogP contribution in [0.4, 0.5) is 0 Å². The minimum absolute atomic E-state index is 0.0536. The lowest BCUT2D eigenvalue weighted by molar-refractivity contribution is -0.129. The summed E-state index contributed by atoms with van der Waals surface area (Å²) in [5, 5.41) is 17.6. The van der Waals surface area contributed by atoms with Crippen molar-refractivity contribution in [2.45, 2.75) is 449 Å². The maximum absolute atomic E-state index is 12.0. The molecule has 6 aliphatic heterocycles. The molecule has 0 aliphatic carbocycles. The molecule has 6 saturated heterocycles. The Labute approximate surface area is 787 Å². The molecule has 24 heteroatoms. The predicted octanol–water partition coefficient (Wildman–Crippen LogP) is 19.8. The van der Waals surface area contributed by atoms with Crippen LogP contribution in [0.2, 0.25) is 0 Å². The number of likely N-dealkylation sites (tertiary alicyclic amines) is 6. The van der Waals surface area contributed by atoms with Gasteiger partial charge in [-0.05, 0) is 77.0 Å². The van der Waals surface area contributed by atoms with Crippen molar-refractivity contribution in [1.29, 1.82) is 0 Å². The van der Waals surface area contributed by atoms with Crippen LogP contribution < -0.4 is 31.9 Å². The Balaban J connectivity index is 0.000000775. The molecule has 6 unspecified atom stereocenters. The van der Waals surface area contributed by atoms with Gasteiger partial charge in [-0.1, -0.05) is 333 Å². The largest absolute Gasteiger partial charge is 0.356 e. The summed E-state index contributed by atoms with van der Waals surface area (Å²) in [7, 11) is 0. The fraction of sp³-hybridized carbons (Fsp3) is 0.886. The summed E-state index contributed by atoms with van der Waals surface area (Å²) in [4.78, 5) is 155. The van der Waals surface area contributed by atoms with Crippen molar-refractivity contribution in [1.82, 2.24) is 61.3 Å². The molecule has 0 aromatic carbocycles. The molecular weight excluding hydrogens is 1620 g/mol. The minimum Gasteiger partial charge on any atom is -0.356 e. The number of amides is 12. The van der Waals surface area contributed by atoms with E-state index in [1.807, 2.05) is 29.4 Å². The number of rotatable bonds is 69. The molecule has 24 nitrogen and oxygen atoms in total.